The van der Waals surface area contributed by atoms with Crippen LogP contribution in [0.15, 0.2) is 54.6 Å². The Kier molecular flexibility index (Phi) is 5.44. The van der Waals surface area contributed by atoms with Crippen LogP contribution >= 0.6 is 0 Å². The molecule has 2 N–H and O–H groups in total. The molecule has 0 aliphatic carbocycles. The van der Waals surface area contributed by atoms with Gasteiger partial charge in [0.15, 0.2) is 5.60 Å². The number of rotatable bonds is 3. The van der Waals surface area contributed by atoms with Crippen molar-refractivity contribution < 1.29 is 19.1 Å². The van der Waals surface area contributed by atoms with Gasteiger partial charge in [-0.3, -0.25) is 4.79 Å². The molecule has 0 unspecified atom stereocenters. The lowest BCUT2D eigenvalue weighted by Crippen LogP contribution is -2.56. The zero-order valence-corrected chi connectivity index (χ0v) is 16.9. The zero-order valence-electron chi connectivity index (χ0n) is 16.9. The largest absolute Gasteiger partial charge is 0.445 e. The number of carbonyl (C=O) groups excluding carboxylic acids is 3. The molecular formula is C23H25N3O4. The van der Waals surface area contributed by atoms with E-state index in [2.05, 4.69) is 10.6 Å². The van der Waals surface area contributed by atoms with E-state index < -0.39 is 11.6 Å². The molecule has 2 aromatic carbocycles. The van der Waals surface area contributed by atoms with E-state index >= 15 is 0 Å². The van der Waals surface area contributed by atoms with Gasteiger partial charge < -0.3 is 20.3 Å². The van der Waals surface area contributed by atoms with Gasteiger partial charge in [-0.25, -0.2) is 9.59 Å². The predicted octanol–water partition coefficient (Wildman–Crippen LogP) is 2.97. The number of nitrogens with one attached hydrogen (secondary N) is 2. The number of fused-ring (bicyclic) bond motifs is 1. The Labute approximate surface area is 175 Å². The van der Waals surface area contributed by atoms with Crippen molar-refractivity contribution in [2.24, 2.45) is 0 Å². The number of hydrogen-bond donors (Lipinski definition) is 2. The van der Waals surface area contributed by atoms with Gasteiger partial charge in [0.05, 0.1) is 5.56 Å². The number of nitrogens with zero attached hydrogens (tertiary/aromatic N) is 1. The first-order valence-corrected chi connectivity index (χ1v) is 10.2. The van der Waals surface area contributed by atoms with Gasteiger partial charge in [0, 0.05) is 31.2 Å². The summed E-state index contributed by atoms with van der Waals surface area (Å²) < 4.78 is 5.50. The maximum absolute atomic E-state index is 12.9. The summed E-state index contributed by atoms with van der Waals surface area (Å²) in [5.74, 6) is -0.764. The van der Waals surface area contributed by atoms with Gasteiger partial charge in [0.2, 0.25) is 0 Å². The number of likely N-dealkylation sites (tertiary alicyclic amines) is 1. The Morgan fingerprint density at radius 1 is 1.03 bits per heavy atom. The van der Waals surface area contributed by atoms with Crippen molar-refractivity contribution in [3.8, 4) is 0 Å². The van der Waals surface area contributed by atoms with Gasteiger partial charge >= 0.3 is 12.0 Å². The highest BCUT2D eigenvalue weighted by Crippen LogP contribution is 2.28. The first kappa shape index (κ1) is 19.9. The van der Waals surface area contributed by atoms with E-state index in [1.165, 1.54) is 0 Å². The Morgan fingerprint density at radius 3 is 2.43 bits per heavy atom. The number of amides is 3. The average molecular weight is 407 g/mol. The molecule has 2 aliphatic rings. The fourth-order valence-corrected chi connectivity index (χ4v) is 3.95. The third kappa shape index (κ3) is 4.15. The third-order valence-electron chi connectivity index (χ3n) is 5.71. The van der Waals surface area contributed by atoms with Gasteiger partial charge in [-0.2, -0.15) is 0 Å². The standard InChI is InChI=1S/C23H25N3O4/c1-23(15-16-7-5-6-10-19(16)20(27)30-23)21(28)24-18-11-13-26(14-12-18)22(29)25-17-8-3-2-4-9-17/h2-10,18H,11-15H2,1H3,(H,24,28)(H,25,29)/t23-/m1/s1. The fraction of sp³-hybridized carbons (Fsp3) is 0.348. The number of urea groups is 1. The van der Waals surface area contributed by atoms with Gasteiger partial charge in [0.1, 0.15) is 0 Å². The van der Waals surface area contributed by atoms with Crippen LogP contribution in [0.5, 0.6) is 0 Å². The van der Waals surface area contributed by atoms with Crippen LogP contribution in [0.1, 0.15) is 35.7 Å². The molecule has 0 aromatic heterocycles. The summed E-state index contributed by atoms with van der Waals surface area (Å²) in [7, 11) is 0. The van der Waals surface area contributed by atoms with Crippen molar-refractivity contribution in [1.29, 1.82) is 0 Å². The van der Waals surface area contributed by atoms with Crippen LogP contribution in [0, 0.1) is 0 Å². The van der Waals surface area contributed by atoms with Crippen LogP contribution in [-0.2, 0) is 16.0 Å². The Balaban J connectivity index is 1.31. The smallest absolute Gasteiger partial charge is 0.339 e. The van der Waals surface area contributed by atoms with Crippen LogP contribution in [0.2, 0.25) is 0 Å². The second-order valence-corrected chi connectivity index (χ2v) is 7.99. The van der Waals surface area contributed by atoms with Gasteiger partial charge in [0.25, 0.3) is 5.91 Å². The minimum absolute atomic E-state index is 0.0639. The van der Waals surface area contributed by atoms with Crippen molar-refractivity contribution in [3.63, 3.8) is 0 Å². The molecule has 0 spiro atoms. The van der Waals surface area contributed by atoms with Gasteiger partial charge in [-0.15, -0.1) is 0 Å². The highest BCUT2D eigenvalue weighted by Gasteiger charge is 2.43. The van der Waals surface area contributed by atoms with E-state index in [-0.39, 0.29) is 18.0 Å². The van der Waals surface area contributed by atoms with Crippen molar-refractivity contribution in [1.82, 2.24) is 10.2 Å². The normalized spacial score (nSPS) is 21.4. The van der Waals surface area contributed by atoms with Crippen molar-refractivity contribution in [3.05, 3.63) is 65.7 Å². The summed E-state index contributed by atoms with van der Waals surface area (Å²) in [6.07, 6.45) is 1.64. The monoisotopic (exact) mass is 407 g/mol. The minimum atomic E-state index is -1.23. The lowest BCUT2D eigenvalue weighted by molar-refractivity contribution is -0.140. The number of hydrogen-bond acceptors (Lipinski definition) is 4. The SMILES string of the molecule is C[C@]1(C(=O)NC2CCN(C(=O)Nc3ccccc3)CC2)Cc2ccccc2C(=O)O1. The molecule has 0 bridgehead atoms. The maximum Gasteiger partial charge on any atom is 0.339 e. The molecule has 2 heterocycles. The van der Waals surface area contributed by atoms with E-state index in [9.17, 15) is 14.4 Å². The van der Waals surface area contributed by atoms with Crippen LogP contribution < -0.4 is 10.6 Å². The molecule has 30 heavy (non-hydrogen) atoms. The number of piperidine rings is 1. The second-order valence-electron chi connectivity index (χ2n) is 7.99. The summed E-state index contributed by atoms with van der Waals surface area (Å²) in [6, 6.07) is 16.3. The lowest BCUT2D eigenvalue weighted by atomic mass is 9.89. The molecule has 2 aromatic rings. The molecular weight excluding hydrogens is 382 g/mol. The predicted molar refractivity (Wildman–Crippen MR) is 112 cm³/mol. The van der Waals surface area contributed by atoms with Gasteiger partial charge in [-0.05, 0) is 43.5 Å². The van der Waals surface area contributed by atoms with E-state index in [4.69, 9.17) is 4.74 Å². The van der Waals surface area contributed by atoms with Crippen molar-refractivity contribution in [2.45, 2.75) is 37.8 Å². The van der Waals surface area contributed by atoms with Crippen LogP contribution in [0.4, 0.5) is 10.5 Å². The molecule has 7 nitrogen and oxygen atoms in total. The maximum atomic E-state index is 12.9. The first-order valence-electron chi connectivity index (χ1n) is 10.2. The zero-order chi connectivity index (χ0) is 21.1. The van der Waals surface area contributed by atoms with E-state index in [0.29, 0.717) is 37.9 Å². The number of carbonyl (C=O) groups is 3. The summed E-state index contributed by atoms with van der Waals surface area (Å²) in [5, 5.41) is 5.90. The molecule has 156 valence electrons. The Bertz CT molecular complexity index is 954. The molecule has 1 saturated heterocycles. The Morgan fingerprint density at radius 2 is 1.70 bits per heavy atom. The molecule has 1 fully saturated rings. The van der Waals surface area contributed by atoms with E-state index in [1.807, 2.05) is 42.5 Å². The number of esters is 1. The van der Waals surface area contributed by atoms with Crippen molar-refractivity contribution >= 4 is 23.6 Å². The number of anilines is 1. The van der Waals surface area contributed by atoms with Gasteiger partial charge in [-0.1, -0.05) is 36.4 Å². The lowest BCUT2D eigenvalue weighted by Gasteiger charge is -2.36. The summed E-state index contributed by atoms with van der Waals surface area (Å²) in [5.41, 5.74) is 0.859. The topological polar surface area (TPSA) is 87.7 Å². The second kappa shape index (κ2) is 8.18. The van der Waals surface area contributed by atoms with Crippen LogP contribution in [0.25, 0.3) is 0 Å². The molecule has 4 rings (SSSR count). The van der Waals surface area contributed by atoms with Crippen LogP contribution in [-0.4, -0.2) is 47.5 Å². The quantitative estimate of drug-likeness (QED) is 0.766. The molecule has 0 saturated carbocycles. The highest BCUT2D eigenvalue weighted by atomic mass is 16.6. The molecule has 3 amide bonds. The number of benzene rings is 2. The molecule has 7 heteroatoms. The van der Waals surface area contributed by atoms with Crippen molar-refractivity contribution in [2.75, 3.05) is 18.4 Å². The fourth-order valence-electron chi connectivity index (χ4n) is 3.95. The number of para-hydroxylation sites is 1. The summed E-state index contributed by atoms with van der Waals surface area (Å²) in [4.78, 5) is 39.4. The number of ether oxygens (including phenoxy) is 1. The molecule has 2 aliphatic heterocycles. The van der Waals surface area contributed by atoms with Crippen LogP contribution in [0.3, 0.4) is 0 Å². The highest BCUT2D eigenvalue weighted by molar-refractivity contribution is 5.97. The average Bonchev–Trinajstić information content (AvgIpc) is 2.75. The minimum Gasteiger partial charge on any atom is -0.445 e. The van der Waals surface area contributed by atoms with E-state index in [1.54, 1.807) is 24.0 Å². The summed E-state index contributed by atoms with van der Waals surface area (Å²) in [6.45, 7) is 2.74. The summed E-state index contributed by atoms with van der Waals surface area (Å²) >= 11 is 0. The molecule has 0 radical (unpaired) electrons. The first-order chi connectivity index (χ1) is 14.4. The Hall–Kier alpha value is -3.35. The van der Waals surface area contributed by atoms with E-state index in [0.717, 1.165) is 11.3 Å². The third-order valence-corrected chi connectivity index (χ3v) is 5.71. The number of cyclic esters (lactones) is 1. The molecule has 1 atom stereocenters.